The van der Waals surface area contributed by atoms with E-state index in [1.807, 2.05) is 47.8 Å². The molecule has 0 aliphatic carbocycles. The van der Waals surface area contributed by atoms with Gasteiger partial charge in [-0.2, -0.15) is 0 Å². The molecule has 144 valence electrons. The lowest BCUT2D eigenvalue weighted by Gasteiger charge is -2.18. The average molecular weight is 397 g/mol. The molecule has 0 saturated carbocycles. The Morgan fingerprint density at radius 3 is 2.71 bits per heavy atom. The van der Waals surface area contributed by atoms with Crippen LogP contribution in [0.4, 0.5) is 9.93 Å². The summed E-state index contributed by atoms with van der Waals surface area (Å²) in [5, 5.41) is 8.00. The maximum absolute atomic E-state index is 12.1. The maximum Gasteiger partial charge on any atom is 0.321 e. The van der Waals surface area contributed by atoms with E-state index >= 15 is 0 Å². The number of carbonyl (C=O) groups excluding carboxylic acids is 1. The second kappa shape index (κ2) is 8.18. The highest BCUT2D eigenvalue weighted by molar-refractivity contribution is 7.14. The smallest absolute Gasteiger partial charge is 0.321 e. The molecule has 0 fully saturated rings. The number of aromatic nitrogens is 1. The molecular formula is C20H19N3O4S. The molecule has 0 unspecified atom stereocenters. The number of urea groups is 1. The molecule has 1 aliphatic rings. The Morgan fingerprint density at radius 2 is 1.93 bits per heavy atom. The number of benzene rings is 2. The summed E-state index contributed by atoms with van der Waals surface area (Å²) >= 11 is 1.37. The van der Waals surface area contributed by atoms with Gasteiger partial charge < -0.3 is 19.5 Å². The van der Waals surface area contributed by atoms with E-state index in [1.54, 1.807) is 7.11 Å². The molecule has 2 aromatic carbocycles. The van der Waals surface area contributed by atoms with Crippen molar-refractivity contribution in [2.75, 3.05) is 25.6 Å². The van der Waals surface area contributed by atoms with Crippen LogP contribution in [0, 0.1) is 0 Å². The molecule has 2 heterocycles. The minimum Gasteiger partial charge on any atom is -0.497 e. The fourth-order valence-corrected chi connectivity index (χ4v) is 3.45. The third kappa shape index (κ3) is 4.17. The molecule has 28 heavy (non-hydrogen) atoms. The summed E-state index contributed by atoms with van der Waals surface area (Å²) in [5.41, 5.74) is 2.66. The zero-order valence-electron chi connectivity index (χ0n) is 15.2. The van der Waals surface area contributed by atoms with E-state index in [0.29, 0.717) is 30.6 Å². The second-order valence-electron chi connectivity index (χ2n) is 6.05. The molecule has 0 radical (unpaired) electrons. The van der Waals surface area contributed by atoms with Crippen molar-refractivity contribution in [2.24, 2.45) is 0 Å². The standard InChI is InChI=1S/C20H19N3O4S/c1-25-15-5-2-13(3-6-15)11-21-19(24)23-20-22-16(12-28-20)14-4-7-17-18(10-14)27-9-8-26-17/h2-7,10,12H,8-9,11H2,1H3,(H2,21,22,23,24). The Kier molecular flexibility index (Phi) is 5.29. The van der Waals surface area contributed by atoms with Gasteiger partial charge in [-0.3, -0.25) is 5.32 Å². The summed E-state index contributed by atoms with van der Waals surface area (Å²) < 4.78 is 16.3. The quantitative estimate of drug-likeness (QED) is 0.682. The monoisotopic (exact) mass is 397 g/mol. The van der Waals surface area contributed by atoms with Gasteiger partial charge in [-0.1, -0.05) is 12.1 Å². The van der Waals surface area contributed by atoms with Gasteiger partial charge >= 0.3 is 6.03 Å². The van der Waals surface area contributed by atoms with Crippen molar-refractivity contribution >= 4 is 22.5 Å². The number of rotatable bonds is 5. The lowest BCUT2D eigenvalue weighted by atomic mass is 10.1. The minimum absolute atomic E-state index is 0.307. The molecule has 2 N–H and O–H groups in total. The van der Waals surface area contributed by atoms with Crippen LogP contribution in [-0.2, 0) is 6.54 Å². The SMILES string of the molecule is COc1ccc(CNC(=O)Nc2nc(-c3ccc4c(c3)OCCO4)cs2)cc1. The predicted molar refractivity (Wildman–Crippen MR) is 107 cm³/mol. The van der Waals surface area contributed by atoms with Crippen molar-refractivity contribution in [3.63, 3.8) is 0 Å². The van der Waals surface area contributed by atoms with E-state index in [9.17, 15) is 4.79 Å². The van der Waals surface area contributed by atoms with Crippen LogP contribution >= 0.6 is 11.3 Å². The molecule has 0 atom stereocenters. The summed E-state index contributed by atoms with van der Waals surface area (Å²) in [6.07, 6.45) is 0. The van der Waals surface area contributed by atoms with Crippen LogP contribution in [0.15, 0.2) is 47.8 Å². The Labute approximate surface area is 166 Å². The number of carbonyl (C=O) groups is 1. The number of methoxy groups -OCH3 is 1. The number of anilines is 1. The van der Waals surface area contributed by atoms with E-state index in [2.05, 4.69) is 15.6 Å². The van der Waals surface area contributed by atoms with Crippen molar-refractivity contribution < 1.29 is 19.0 Å². The second-order valence-corrected chi connectivity index (χ2v) is 6.91. The van der Waals surface area contributed by atoms with Gasteiger partial charge in [0.25, 0.3) is 0 Å². The highest BCUT2D eigenvalue weighted by Gasteiger charge is 2.14. The summed E-state index contributed by atoms with van der Waals surface area (Å²) in [6.45, 7) is 1.51. The highest BCUT2D eigenvalue weighted by atomic mass is 32.1. The summed E-state index contributed by atoms with van der Waals surface area (Å²) in [5.74, 6) is 2.23. The summed E-state index contributed by atoms with van der Waals surface area (Å²) in [6, 6.07) is 12.9. The van der Waals surface area contributed by atoms with E-state index in [-0.39, 0.29) is 6.03 Å². The molecule has 0 bridgehead atoms. The minimum atomic E-state index is -0.307. The molecular weight excluding hydrogens is 378 g/mol. The van der Waals surface area contributed by atoms with E-state index in [0.717, 1.165) is 28.3 Å². The number of nitrogens with one attached hydrogen (secondary N) is 2. The zero-order valence-corrected chi connectivity index (χ0v) is 16.0. The van der Waals surface area contributed by atoms with Crippen LogP contribution in [0.1, 0.15) is 5.56 Å². The van der Waals surface area contributed by atoms with Crippen molar-refractivity contribution in [3.05, 3.63) is 53.4 Å². The molecule has 0 spiro atoms. The molecule has 1 aromatic heterocycles. The van der Waals surface area contributed by atoms with Gasteiger partial charge in [0.15, 0.2) is 16.6 Å². The number of hydrogen-bond acceptors (Lipinski definition) is 6. The maximum atomic E-state index is 12.1. The highest BCUT2D eigenvalue weighted by Crippen LogP contribution is 2.35. The first-order valence-electron chi connectivity index (χ1n) is 8.74. The third-order valence-corrected chi connectivity index (χ3v) is 4.93. The fraction of sp³-hybridized carbons (Fsp3) is 0.200. The molecule has 1 aliphatic heterocycles. The largest absolute Gasteiger partial charge is 0.497 e. The number of fused-ring (bicyclic) bond motifs is 1. The van der Waals surface area contributed by atoms with Gasteiger partial charge in [0, 0.05) is 17.5 Å². The number of amides is 2. The van der Waals surface area contributed by atoms with Gasteiger partial charge in [0.2, 0.25) is 0 Å². The summed E-state index contributed by atoms with van der Waals surface area (Å²) in [4.78, 5) is 16.6. The molecule has 2 amide bonds. The van der Waals surface area contributed by atoms with Crippen LogP contribution in [0.5, 0.6) is 17.2 Å². The van der Waals surface area contributed by atoms with Crippen molar-refractivity contribution in [2.45, 2.75) is 6.54 Å². The first-order chi connectivity index (χ1) is 13.7. The van der Waals surface area contributed by atoms with Crippen molar-refractivity contribution in [3.8, 4) is 28.5 Å². The fourth-order valence-electron chi connectivity index (χ4n) is 2.73. The van der Waals surface area contributed by atoms with E-state index in [1.165, 1.54) is 11.3 Å². The normalized spacial score (nSPS) is 12.3. The average Bonchev–Trinajstić information content (AvgIpc) is 3.20. The van der Waals surface area contributed by atoms with E-state index < -0.39 is 0 Å². The molecule has 0 saturated heterocycles. The molecule has 4 rings (SSSR count). The first kappa shape index (κ1) is 18.1. The first-order valence-corrected chi connectivity index (χ1v) is 9.62. The predicted octanol–water partition coefficient (Wildman–Crippen LogP) is 3.91. The molecule has 8 heteroatoms. The lowest BCUT2D eigenvalue weighted by molar-refractivity contribution is 0.171. The lowest BCUT2D eigenvalue weighted by Crippen LogP contribution is -2.28. The number of hydrogen-bond donors (Lipinski definition) is 2. The number of nitrogens with zero attached hydrogens (tertiary/aromatic N) is 1. The van der Waals surface area contributed by atoms with Crippen LogP contribution in [0.2, 0.25) is 0 Å². The van der Waals surface area contributed by atoms with Crippen LogP contribution in [0.3, 0.4) is 0 Å². The Morgan fingerprint density at radius 1 is 1.14 bits per heavy atom. The van der Waals surface area contributed by atoms with Crippen LogP contribution in [0.25, 0.3) is 11.3 Å². The molecule has 3 aromatic rings. The van der Waals surface area contributed by atoms with Crippen molar-refractivity contribution in [1.29, 1.82) is 0 Å². The van der Waals surface area contributed by atoms with Gasteiger partial charge in [-0.05, 0) is 35.9 Å². The van der Waals surface area contributed by atoms with Crippen molar-refractivity contribution in [1.82, 2.24) is 10.3 Å². The third-order valence-electron chi connectivity index (χ3n) is 4.17. The summed E-state index contributed by atoms with van der Waals surface area (Å²) in [7, 11) is 1.62. The van der Waals surface area contributed by atoms with Gasteiger partial charge in [-0.25, -0.2) is 9.78 Å². The Hall–Kier alpha value is -3.26. The molecule has 7 nitrogen and oxygen atoms in total. The Bertz CT molecular complexity index is 972. The van der Waals surface area contributed by atoms with Gasteiger partial charge in [-0.15, -0.1) is 11.3 Å². The zero-order chi connectivity index (χ0) is 19.3. The van der Waals surface area contributed by atoms with Gasteiger partial charge in [0.1, 0.15) is 19.0 Å². The van der Waals surface area contributed by atoms with Gasteiger partial charge in [0.05, 0.1) is 12.8 Å². The van der Waals surface area contributed by atoms with Crippen LogP contribution < -0.4 is 24.8 Å². The number of thiazole rings is 1. The van der Waals surface area contributed by atoms with E-state index in [4.69, 9.17) is 14.2 Å². The topological polar surface area (TPSA) is 81.7 Å². The van der Waals surface area contributed by atoms with Crippen LogP contribution in [-0.4, -0.2) is 31.3 Å². The Balaban J connectivity index is 1.35. The number of ether oxygens (including phenoxy) is 3.